The van der Waals surface area contributed by atoms with Gasteiger partial charge in [-0.25, -0.2) is 0 Å². The van der Waals surface area contributed by atoms with Gasteiger partial charge >= 0.3 is 6.18 Å². The monoisotopic (exact) mass is 316 g/mol. The first kappa shape index (κ1) is 15.5. The highest BCUT2D eigenvalue weighted by Gasteiger charge is 2.41. The van der Waals surface area contributed by atoms with Crippen LogP contribution in [0.3, 0.4) is 0 Å². The lowest BCUT2D eigenvalue weighted by Crippen LogP contribution is -2.36. The van der Waals surface area contributed by atoms with Gasteiger partial charge in [-0.05, 0) is 18.2 Å². The molecule has 0 heterocycles. The highest BCUT2D eigenvalue weighted by molar-refractivity contribution is 7.99. The predicted octanol–water partition coefficient (Wildman–Crippen LogP) is 4.20. The van der Waals surface area contributed by atoms with Gasteiger partial charge in [0.15, 0.2) is 0 Å². The first-order chi connectivity index (χ1) is 8.21. The Morgan fingerprint density at radius 1 is 1.33 bits per heavy atom. The summed E-state index contributed by atoms with van der Waals surface area (Å²) in [6.07, 6.45) is -4.52. The highest BCUT2D eigenvalue weighted by atomic mass is 35.5. The van der Waals surface area contributed by atoms with E-state index in [-0.39, 0.29) is 10.8 Å². The van der Waals surface area contributed by atoms with Crippen LogP contribution in [0.5, 0.6) is 0 Å². The molecule has 1 aromatic rings. The molecule has 1 atom stereocenters. The molecule has 0 aliphatic heterocycles. The van der Waals surface area contributed by atoms with E-state index in [1.54, 1.807) is 6.07 Å². The zero-order valence-electron chi connectivity index (χ0n) is 8.89. The SMILES string of the molecule is N=C(N)C(CSc1ccc(Cl)c(Cl)c1)C(F)(F)F. The molecular formula is C10H9Cl2F3N2S. The lowest BCUT2D eigenvalue weighted by atomic mass is 10.1. The van der Waals surface area contributed by atoms with Crippen LogP contribution in [-0.4, -0.2) is 17.8 Å². The van der Waals surface area contributed by atoms with Gasteiger partial charge in [-0.3, -0.25) is 5.41 Å². The Hall–Kier alpha value is -0.590. The zero-order valence-corrected chi connectivity index (χ0v) is 11.2. The standard InChI is InChI=1S/C10H9Cl2F3N2S/c11-7-2-1-5(3-8(7)12)18-4-6(9(16)17)10(13,14)15/h1-3,6H,4H2,(H3,16,17). The van der Waals surface area contributed by atoms with Crippen LogP contribution in [0.4, 0.5) is 13.2 Å². The van der Waals surface area contributed by atoms with E-state index in [2.05, 4.69) is 0 Å². The Morgan fingerprint density at radius 2 is 1.94 bits per heavy atom. The molecule has 0 bridgehead atoms. The average molecular weight is 317 g/mol. The highest BCUT2D eigenvalue weighted by Crippen LogP contribution is 2.33. The molecule has 1 rings (SSSR count). The molecule has 0 radical (unpaired) electrons. The van der Waals surface area contributed by atoms with E-state index in [0.717, 1.165) is 11.8 Å². The number of nitrogens with one attached hydrogen (secondary N) is 1. The summed E-state index contributed by atoms with van der Waals surface area (Å²) in [4.78, 5) is 0.542. The van der Waals surface area contributed by atoms with Crippen molar-refractivity contribution < 1.29 is 13.2 Å². The second-order valence-corrected chi connectivity index (χ2v) is 5.34. The van der Waals surface area contributed by atoms with Crippen molar-refractivity contribution in [2.45, 2.75) is 11.1 Å². The lowest BCUT2D eigenvalue weighted by Gasteiger charge is -2.18. The summed E-state index contributed by atoms with van der Waals surface area (Å²) in [5.74, 6) is -3.22. The van der Waals surface area contributed by atoms with Gasteiger partial charge in [0.25, 0.3) is 0 Å². The number of rotatable bonds is 4. The van der Waals surface area contributed by atoms with Gasteiger partial charge in [-0.1, -0.05) is 23.2 Å². The molecule has 0 aromatic heterocycles. The Balaban J connectivity index is 2.73. The van der Waals surface area contributed by atoms with Gasteiger partial charge in [0.05, 0.1) is 10.0 Å². The van der Waals surface area contributed by atoms with E-state index in [1.165, 1.54) is 12.1 Å². The van der Waals surface area contributed by atoms with Crippen LogP contribution in [-0.2, 0) is 0 Å². The van der Waals surface area contributed by atoms with Gasteiger partial charge in [0.1, 0.15) is 11.8 Å². The average Bonchev–Trinajstić information content (AvgIpc) is 2.21. The Kier molecular flexibility index (Phi) is 5.19. The van der Waals surface area contributed by atoms with Crippen molar-refractivity contribution in [1.29, 1.82) is 5.41 Å². The molecule has 0 fully saturated rings. The molecule has 0 aliphatic rings. The van der Waals surface area contributed by atoms with Gasteiger partial charge in [-0.15, -0.1) is 11.8 Å². The molecule has 0 saturated carbocycles. The Morgan fingerprint density at radius 3 is 2.39 bits per heavy atom. The molecule has 0 spiro atoms. The van der Waals surface area contributed by atoms with Crippen LogP contribution in [0.15, 0.2) is 23.1 Å². The molecule has 1 aromatic carbocycles. The summed E-state index contributed by atoms with van der Waals surface area (Å²) in [6.45, 7) is 0. The number of amidine groups is 1. The minimum absolute atomic E-state index is 0.271. The normalized spacial score (nSPS) is 13.4. The Bertz CT molecular complexity index is 451. The number of halogens is 5. The first-order valence-corrected chi connectivity index (χ1v) is 6.44. The summed E-state index contributed by atoms with van der Waals surface area (Å²) >= 11 is 12.4. The molecular weight excluding hydrogens is 308 g/mol. The quantitative estimate of drug-likeness (QED) is 0.497. The molecule has 0 saturated heterocycles. The third-order valence-corrected chi connectivity index (χ3v) is 3.90. The van der Waals surface area contributed by atoms with Gasteiger partial charge < -0.3 is 5.73 Å². The second kappa shape index (κ2) is 6.04. The number of hydrogen-bond acceptors (Lipinski definition) is 2. The van der Waals surface area contributed by atoms with Crippen molar-refractivity contribution in [2.75, 3.05) is 5.75 Å². The molecule has 1 unspecified atom stereocenters. The molecule has 0 aliphatic carbocycles. The third kappa shape index (κ3) is 4.26. The number of benzene rings is 1. The lowest BCUT2D eigenvalue weighted by molar-refractivity contribution is -0.149. The minimum Gasteiger partial charge on any atom is -0.387 e. The van der Waals surface area contributed by atoms with Crippen LogP contribution in [0.1, 0.15) is 0 Å². The largest absolute Gasteiger partial charge is 0.399 e. The van der Waals surface area contributed by atoms with E-state index in [4.69, 9.17) is 34.3 Å². The summed E-state index contributed by atoms with van der Waals surface area (Å²) in [6, 6.07) is 4.54. The number of nitrogens with two attached hydrogens (primary N) is 1. The van der Waals surface area contributed by atoms with Crippen molar-refractivity contribution in [3.8, 4) is 0 Å². The van der Waals surface area contributed by atoms with Crippen molar-refractivity contribution in [3.05, 3.63) is 28.2 Å². The van der Waals surface area contributed by atoms with E-state index in [1.807, 2.05) is 0 Å². The van der Waals surface area contributed by atoms with Crippen LogP contribution in [0.2, 0.25) is 10.0 Å². The van der Waals surface area contributed by atoms with Crippen LogP contribution < -0.4 is 5.73 Å². The fraction of sp³-hybridized carbons (Fsp3) is 0.300. The van der Waals surface area contributed by atoms with Crippen LogP contribution in [0.25, 0.3) is 0 Å². The van der Waals surface area contributed by atoms with Crippen molar-refractivity contribution >= 4 is 40.8 Å². The van der Waals surface area contributed by atoms with Gasteiger partial charge in [0.2, 0.25) is 0 Å². The van der Waals surface area contributed by atoms with Crippen molar-refractivity contribution in [1.82, 2.24) is 0 Å². The number of hydrogen-bond donors (Lipinski definition) is 2. The predicted molar refractivity (Wildman–Crippen MR) is 68.6 cm³/mol. The topological polar surface area (TPSA) is 49.9 Å². The van der Waals surface area contributed by atoms with E-state index >= 15 is 0 Å². The molecule has 0 amide bonds. The smallest absolute Gasteiger partial charge is 0.387 e. The fourth-order valence-electron chi connectivity index (χ4n) is 1.11. The number of alkyl halides is 3. The second-order valence-electron chi connectivity index (χ2n) is 3.44. The van der Waals surface area contributed by atoms with Crippen molar-refractivity contribution in [3.63, 3.8) is 0 Å². The summed E-state index contributed by atoms with van der Waals surface area (Å²) < 4.78 is 37.6. The van der Waals surface area contributed by atoms with Gasteiger partial charge in [-0.2, -0.15) is 13.2 Å². The maximum absolute atomic E-state index is 12.5. The zero-order chi connectivity index (χ0) is 13.9. The van der Waals surface area contributed by atoms with Gasteiger partial charge in [0, 0.05) is 10.6 Å². The maximum atomic E-state index is 12.5. The minimum atomic E-state index is -4.52. The molecule has 100 valence electrons. The van der Waals surface area contributed by atoms with Crippen LogP contribution in [0, 0.1) is 11.3 Å². The van der Waals surface area contributed by atoms with Crippen LogP contribution >= 0.6 is 35.0 Å². The molecule has 3 N–H and O–H groups in total. The first-order valence-electron chi connectivity index (χ1n) is 4.70. The summed E-state index contributed by atoms with van der Waals surface area (Å²) in [5.41, 5.74) is 4.94. The van der Waals surface area contributed by atoms with E-state index < -0.39 is 17.9 Å². The van der Waals surface area contributed by atoms with E-state index in [9.17, 15) is 13.2 Å². The van der Waals surface area contributed by atoms with Crippen molar-refractivity contribution in [2.24, 2.45) is 11.7 Å². The third-order valence-electron chi connectivity index (χ3n) is 2.08. The molecule has 8 heteroatoms. The molecule has 2 nitrogen and oxygen atoms in total. The fourth-order valence-corrected chi connectivity index (χ4v) is 2.56. The maximum Gasteiger partial charge on any atom is 0.399 e. The molecule has 18 heavy (non-hydrogen) atoms. The summed E-state index contributed by atoms with van der Waals surface area (Å²) in [5, 5.41) is 7.55. The summed E-state index contributed by atoms with van der Waals surface area (Å²) in [7, 11) is 0. The Labute approximate surface area is 116 Å². The number of thioether (sulfide) groups is 1. The van der Waals surface area contributed by atoms with E-state index in [0.29, 0.717) is 9.92 Å².